The van der Waals surface area contributed by atoms with Crippen LogP contribution in [0.4, 0.5) is 10.8 Å². The van der Waals surface area contributed by atoms with Gasteiger partial charge in [-0.1, -0.05) is 11.3 Å². The van der Waals surface area contributed by atoms with Gasteiger partial charge in [-0.2, -0.15) is 0 Å². The van der Waals surface area contributed by atoms with Crippen molar-refractivity contribution in [1.29, 1.82) is 0 Å². The van der Waals surface area contributed by atoms with E-state index in [0.717, 1.165) is 34.1 Å². The number of thiazole rings is 1. The predicted molar refractivity (Wildman–Crippen MR) is 80.0 cm³/mol. The van der Waals surface area contributed by atoms with Crippen LogP contribution in [0.3, 0.4) is 0 Å². The maximum atomic E-state index is 5.79. The molecule has 0 spiro atoms. The molecular weight excluding hydrogens is 262 g/mol. The molecule has 2 aromatic rings. The normalized spacial score (nSPS) is 11.1. The summed E-state index contributed by atoms with van der Waals surface area (Å²) >= 11 is 1.64. The molecule has 0 saturated heterocycles. The topological polar surface area (TPSA) is 60.6 Å². The molecule has 0 aliphatic rings. The number of aromatic nitrogens is 1. The van der Waals surface area contributed by atoms with Crippen molar-refractivity contribution in [3.05, 3.63) is 18.2 Å². The highest BCUT2D eigenvalue weighted by Crippen LogP contribution is 2.29. The Bertz CT molecular complexity index is 522. The standard InChI is InChI=1S/C13H19N3O2S/c1-17-7-5-16(6-8-18-2)13-15-11-4-3-10(14)9-12(11)19-13/h3-4,9H,5-8,14H2,1-2H3. The third-order valence-electron chi connectivity index (χ3n) is 2.80. The first-order valence-corrected chi connectivity index (χ1v) is 6.95. The molecule has 1 aromatic heterocycles. The molecular formula is C13H19N3O2S. The number of benzene rings is 1. The smallest absolute Gasteiger partial charge is 0.186 e. The van der Waals surface area contributed by atoms with Crippen molar-refractivity contribution in [1.82, 2.24) is 4.98 Å². The minimum absolute atomic E-state index is 0.668. The number of hydrogen-bond acceptors (Lipinski definition) is 6. The van der Waals surface area contributed by atoms with E-state index in [4.69, 9.17) is 15.2 Å². The highest BCUT2D eigenvalue weighted by atomic mass is 32.1. The van der Waals surface area contributed by atoms with E-state index in [1.807, 2.05) is 18.2 Å². The molecule has 5 nitrogen and oxygen atoms in total. The van der Waals surface area contributed by atoms with E-state index in [0.29, 0.717) is 13.2 Å². The van der Waals surface area contributed by atoms with Crippen molar-refractivity contribution in [2.45, 2.75) is 0 Å². The van der Waals surface area contributed by atoms with Crippen LogP contribution >= 0.6 is 11.3 Å². The Morgan fingerprint density at radius 3 is 2.53 bits per heavy atom. The maximum Gasteiger partial charge on any atom is 0.186 e. The van der Waals surface area contributed by atoms with Crippen LogP contribution in [0.5, 0.6) is 0 Å². The molecule has 1 aromatic carbocycles. The molecule has 0 amide bonds. The Labute approximate surface area is 116 Å². The molecule has 0 aliphatic carbocycles. The van der Waals surface area contributed by atoms with E-state index in [9.17, 15) is 0 Å². The SMILES string of the molecule is COCCN(CCOC)c1nc2ccc(N)cc2s1. The summed E-state index contributed by atoms with van der Waals surface area (Å²) in [6, 6.07) is 5.79. The van der Waals surface area contributed by atoms with Gasteiger partial charge in [0, 0.05) is 33.0 Å². The van der Waals surface area contributed by atoms with E-state index >= 15 is 0 Å². The van der Waals surface area contributed by atoms with E-state index in [1.165, 1.54) is 0 Å². The number of anilines is 2. The number of rotatable bonds is 7. The highest BCUT2D eigenvalue weighted by Gasteiger charge is 2.12. The van der Waals surface area contributed by atoms with Crippen molar-refractivity contribution >= 4 is 32.4 Å². The summed E-state index contributed by atoms with van der Waals surface area (Å²) < 4.78 is 11.4. The number of nitrogens with two attached hydrogens (primary N) is 1. The van der Waals surface area contributed by atoms with Gasteiger partial charge in [-0.15, -0.1) is 0 Å². The monoisotopic (exact) mass is 281 g/mol. The first kappa shape index (κ1) is 14.0. The van der Waals surface area contributed by atoms with Crippen LogP contribution in [-0.4, -0.2) is 45.5 Å². The number of nitrogen functional groups attached to an aromatic ring is 1. The van der Waals surface area contributed by atoms with E-state index in [1.54, 1.807) is 25.6 Å². The van der Waals surface area contributed by atoms with Gasteiger partial charge in [0.25, 0.3) is 0 Å². The zero-order valence-corrected chi connectivity index (χ0v) is 12.1. The molecule has 0 fully saturated rings. The fourth-order valence-electron chi connectivity index (χ4n) is 1.77. The molecule has 0 radical (unpaired) electrons. The van der Waals surface area contributed by atoms with Gasteiger partial charge in [-0.05, 0) is 18.2 Å². The van der Waals surface area contributed by atoms with Crippen LogP contribution < -0.4 is 10.6 Å². The second-order valence-corrected chi connectivity index (χ2v) is 5.21. The number of nitrogens with zero attached hydrogens (tertiary/aromatic N) is 2. The summed E-state index contributed by atoms with van der Waals surface area (Å²) in [5.41, 5.74) is 7.54. The Hall–Kier alpha value is -1.37. The van der Waals surface area contributed by atoms with Gasteiger partial charge in [0.1, 0.15) is 0 Å². The minimum atomic E-state index is 0.668. The molecule has 19 heavy (non-hydrogen) atoms. The van der Waals surface area contributed by atoms with Crippen molar-refractivity contribution < 1.29 is 9.47 Å². The lowest BCUT2D eigenvalue weighted by atomic mass is 10.3. The van der Waals surface area contributed by atoms with Crippen molar-refractivity contribution in [2.75, 3.05) is 51.2 Å². The van der Waals surface area contributed by atoms with E-state index < -0.39 is 0 Å². The minimum Gasteiger partial charge on any atom is -0.399 e. The summed E-state index contributed by atoms with van der Waals surface area (Å²) in [5.74, 6) is 0. The van der Waals surface area contributed by atoms with Gasteiger partial charge < -0.3 is 20.1 Å². The van der Waals surface area contributed by atoms with Gasteiger partial charge in [0.15, 0.2) is 5.13 Å². The van der Waals surface area contributed by atoms with E-state index in [-0.39, 0.29) is 0 Å². The summed E-state index contributed by atoms with van der Waals surface area (Å²) in [6.45, 7) is 2.94. The Morgan fingerprint density at radius 2 is 1.89 bits per heavy atom. The van der Waals surface area contributed by atoms with Gasteiger partial charge in [0.2, 0.25) is 0 Å². The molecule has 0 bridgehead atoms. The van der Waals surface area contributed by atoms with Crippen LogP contribution in [0.15, 0.2) is 18.2 Å². The lowest BCUT2D eigenvalue weighted by Gasteiger charge is -2.20. The van der Waals surface area contributed by atoms with Crippen LogP contribution in [0.2, 0.25) is 0 Å². The maximum absolute atomic E-state index is 5.79. The highest BCUT2D eigenvalue weighted by molar-refractivity contribution is 7.22. The molecule has 6 heteroatoms. The average Bonchev–Trinajstić information content (AvgIpc) is 2.81. The quantitative estimate of drug-likeness (QED) is 0.786. The summed E-state index contributed by atoms with van der Waals surface area (Å²) in [7, 11) is 3.40. The average molecular weight is 281 g/mol. The van der Waals surface area contributed by atoms with Crippen molar-refractivity contribution in [3.8, 4) is 0 Å². The number of fused-ring (bicyclic) bond motifs is 1. The van der Waals surface area contributed by atoms with Crippen LogP contribution in [0, 0.1) is 0 Å². The van der Waals surface area contributed by atoms with Gasteiger partial charge in [0.05, 0.1) is 23.4 Å². The Kier molecular flexibility index (Phi) is 4.95. The zero-order chi connectivity index (χ0) is 13.7. The molecule has 2 rings (SSSR count). The van der Waals surface area contributed by atoms with Gasteiger partial charge in [-0.25, -0.2) is 4.98 Å². The van der Waals surface area contributed by atoms with Crippen molar-refractivity contribution in [2.24, 2.45) is 0 Å². The summed E-state index contributed by atoms with van der Waals surface area (Å²) in [5, 5.41) is 0.981. The lowest BCUT2D eigenvalue weighted by molar-refractivity contribution is 0.190. The van der Waals surface area contributed by atoms with Crippen LogP contribution in [0.1, 0.15) is 0 Å². The third-order valence-corrected chi connectivity index (χ3v) is 3.88. The van der Waals surface area contributed by atoms with Gasteiger partial charge in [-0.3, -0.25) is 0 Å². The molecule has 0 atom stereocenters. The largest absolute Gasteiger partial charge is 0.399 e. The summed E-state index contributed by atoms with van der Waals surface area (Å²) in [6.07, 6.45) is 0. The van der Waals surface area contributed by atoms with Crippen molar-refractivity contribution in [3.63, 3.8) is 0 Å². The molecule has 0 saturated carbocycles. The second-order valence-electron chi connectivity index (χ2n) is 4.20. The number of hydrogen-bond donors (Lipinski definition) is 1. The number of ether oxygens (including phenoxy) is 2. The fraction of sp³-hybridized carbons (Fsp3) is 0.462. The Balaban J connectivity index is 2.21. The molecule has 0 aliphatic heterocycles. The summed E-state index contributed by atoms with van der Waals surface area (Å²) in [4.78, 5) is 6.81. The second kappa shape index (κ2) is 6.70. The number of methoxy groups -OCH3 is 2. The van der Waals surface area contributed by atoms with Crippen LogP contribution in [-0.2, 0) is 9.47 Å². The van der Waals surface area contributed by atoms with E-state index in [2.05, 4.69) is 9.88 Å². The molecule has 0 unspecified atom stereocenters. The first-order valence-electron chi connectivity index (χ1n) is 6.13. The van der Waals surface area contributed by atoms with Crippen LogP contribution in [0.25, 0.3) is 10.2 Å². The Morgan fingerprint density at radius 1 is 1.21 bits per heavy atom. The lowest BCUT2D eigenvalue weighted by Crippen LogP contribution is -2.30. The third kappa shape index (κ3) is 3.56. The molecule has 104 valence electrons. The first-order chi connectivity index (χ1) is 9.24. The molecule has 2 N–H and O–H groups in total. The molecule has 1 heterocycles. The zero-order valence-electron chi connectivity index (χ0n) is 11.3. The van der Waals surface area contributed by atoms with Gasteiger partial charge >= 0.3 is 0 Å². The predicted octanol–water partition coefficient (Wildman–Crippen LogP) is 1.98. The fourth-order valence-corrected chi connectivity index (χ4v) is 2.84.